The molecule has 0 saturated heterocycles. The van der Waals surface area contributed by atoms with Crippen LogP contribution in [0.2, 0.25) is 0 Å². The van der Waals surface area contributed by atoms with Crippen LogP contribution in [-0.4, -0.2) is 96.7 Å². The first-order valence-electron chi connectivity index (χ1n) is 35.6. The summed E-state index contributed by atoms with van der Waals surface area (Å²) in [6.45, 7) is 7.10. The number of aliphatic hydroxyl groups excluding tert-OH is 1. The molecule has 0 aromatic rings. The number of carbonyl (C=O) groups excluding carboxylic acids is 4. The fourth-order valence-corrected chi connectivity index (χ4v) is 11.9. The molecule has 0 fully saturated rings. The number of aliphatic hydroxyl groups is 1. The summed E-state index contributed by atoms with van der Waals surface area (Å²) in [4.78, 5) is 72.0. The number of rotatable bonds is 68. The van der Waals surface area contributed by atoms with E-state index in [0.717, 1.165) is 115 Å². The molecule has 516 valence electrons. The molecule has 0 rings (SSSR count). The van der Waals surface area contributed by atoms with Crippen molar-refractivity contribution in [1.82, 2.24) is 0 Å². The Morgan fingerprint density at radius 1 is 0.310 bits per heavy atom. The van der Waals surface area contributed by atoms with Crippen molar-refractivity contribution in [3.8, 4) is 0 Å². The minimum Gasteiger partial charge on any atom is -0.462 e. The van der Waals surface area contributed by atoms with Crippen molar-refractivity contribution in [1.29, 1.82) is 0 Å². The highest BCUT2D eigenvalue weighted by molar-refractivity contribution is 7.47. The molecule has 0 aromatic carbocycles. The molecule has 2 unspecified atom stereocenters. The number of unbranched alkanes of at least 4 members (excludes halogenated alkanes) is 40. The molecule has 0 spiro atoms. The lowest BCUT2D eigenvalue weighted by atomic mass is 10.0. The maximum absolute atomic E-state index is 13.0. The smallest absolute Gasteiger partial charge is 0.462 e. The van der Waals surface area contributed by atoms with Crippen LogP contribution in [0.3, 0.4) is 0 Å². The van der Waals surface area contributed by atoms with E-state index >= 15 is 0 Å². The molecule has 0 bridgehead atoms. The largest absolute Gasteiger partial charge is 0.472 e. The molecular formula is C68H132O17P2. The molecule has 0 aliphatic rings. The topological polar surface area (TPSA) is 237 Å². The summed E-state index contributed by atoms with van der Waals surface area (Å²) < 4.78 is 67.8. The SMILES string of the molecule is CCCCCCCCCCCCCCCCCCCCCCC(=O)O[C@H](COC(=O)CCCCCCCCCCCCCCC(C)C)COP(=O)(O)OC[C@@H](O)COP(=O)(O)OC[C@@H](COC(=O)CCCCCCC)OC(=O)CCCCCCCCC. The fraction of sp³-hybridized carbons (Fsp3) is 0.941. The van der Waals surface area contributed by atoms with Crippen molar-refractivity contribution in [3.63, 3.8) is 0 Å². The summed E-state index contributed by atoms with van der Waals surface area (Å²) in [6, 6.07) is 0. The molecule has 0 aromatic heterocycles. The van der Waals surface area contributed by atoms with Gasteiger partial charge in [0.05, 0.1) is 26.4 Å². The Balaban J connectivity index is 5.09. The lowest BCUT2D eigenvalue weighted by Crippen LogP contribution is -2.30. The van der Waals surface area contributed by atoms with Gasteiger partial charge in [-0.15, -0.1) is 0 Å². The quantitative estimate of drug-likeness (QED) is 0.0222. The van der Waals surface area contributed by atoms with E-state index in [0.29, 0.717) is 25.7 Å². The zero-order valence-corrected chi connectivity index (χ0v) is 57.9. The highest BCUT2D eigenvalue weighted by Crippen LogP contribution is 2.45. The zero-order chi connectivity index (χ0) is 64.2. The van der Waals surface area contributed by atoms with Crippen molar-refractivity contribution in [2.45, 2.75) is 368 Å². The van der Waals surface area contributed by atoms with Crippen molar-refractivity contribution < 1.29 is 80.2 Å². The summed E-state index contributed by atoms with van der Waals surface area (Å²) in [7, 11) is -9.88. The van der Waals surface area contributed by atoms with E-state index in [1.165, 1.54) is 154 Å². The third-order valence-corrected chi connectivity index (χ3v) is 17.7. The number of hydrogen-bond donors (Lipinski definition) is 3. The van der Waals surface area contributed by atoms with Gasteiger partial charge in [0.25, 0.3) is 0 Å². The van der Waals surface area contributed by atoms with Gasteiger partial charge in [0.1, 0.15) is 19.3 Å². The molecular weight excluding hydrogens is 1150 g/mol. The maximum Gasteiger partial charge on any atom is 0.472 e. The molecule has 3 N–H and O–H groups in total. The van der Waals surface area contributed by atoms with Gasteiger partial charge < -0.3 is 33.8 Å². The third-order valence-electron chi connectivity index (χ3n) is 15.8. The van der Waals surface area contributed by atoms with Crippen LogP contribution in [0.25, 0.3) is 0 Å². The molecule has 0 heterocycles. The van der Waals surface area contributed by atoms with Crippen LogP contribution in [0, 0.1) is 5.92 Å². The molecule has 5 atom stereocenters. The van der Waals surface area contributed by atoms with E-state index < -0.39 is 97.5 Å². The monoisotopic (exact) mass is 1280 g/mol. The van der Waals surface area contributed by atoms with Gasteiger partial charge in [-0.2, -0.15) is 0 Å². The standard InChI is InChI=1S/C68H132O17P2/c1-6-9-12-15-17-18-19-20-21-22-23-24-25-26-27-32-35-39-44-49-54-68(73)85-64(58-79-66(71)52-47-42-38-34-31-29-28-30-33-37-41-45-50-61(4)5)60-83-87(76,77)81-56-62(69)55-80-86(74,75)82-59-63(57-78-65(70)51-46-40-14-11-8-3)84-67(72)53-48-43-36-16-13-10-7-2/h61-64,69H,6-60H2,1-5H3,(H,74,75)(H,76,77)/t62-,63+,64+/m0/s1. The zero-order valence-electron chi connectivity index (χ0n) is 56.2. The van der Waals surface area contributed by atoms with E-state index in [9.17, 15) is 43.2 Å². The minimum absolute atomic E-state index is 0.103. The van der Waals surface area contributed by atoms with Crippen LogP contribution in [0.15, 0.2) is 0 Å². The van der Waals surface area contributed by atoms with Crippen LogP contribution in [-0.2, 0) is 65.4 Å². The number of ether oxygens (including phenoxy) is 4. The van der Waals surface area contributed by atoms with E-state index in [4.69, 9.17) is 37.0 Å². The summed E-state index contributed by atoms with van der Waals surface area (Å²) in [6.07, 6.45) is 47.9. The first-order valence-corrected chi connectivity index (χ1v) is 38.6. The fourth-order valence-electron chi connectivity index (χ4n) is 10.3. The second-order valence-corrected chi connectivity index (χ2v) is 27.9. The average molecular weight is 1280 g/mol. The lowest BCUT2D eigenvalue weighted by molar-refractivity contribution is -0.161. The molecule has 0 radical (unpaired) electrons. The lowest BCUT2D eigenvalue weighted by Gasteiger charge is -2.21. The molecule has 17 nitrogen and oxygen atoms in total. The Morgan fingerprint density at radius 2 is 0.529 bits per heavy atom. The summed E-state index contributed by atoms with van der Waals surface area (Å²) >= 11 is 0. The second kappa shape index (κ2) is 61.6. The van der Waals surface area contributed by atoms with Crippen molar-refractivity contribution in [2.75, 3.05) is 39.6 Å². The Kier molecular flexibility index (Phi) is 60.2. The highest BCUT2D eigenvalue weighted by Gasteiger charge is 2.30. The molecule has 0 aliphatic carbocycles. The summed E-state index contributed by atoms with van der Waals surface area (Å²) in [5.74, 6) is -1.36. The first kappa shape index (κ1) is 85.1. The Hall–Kier alpha value is -1.94. The van der Waals surface area contributed by atoms with Crippen molar-refractivity contribution >= 4 is 39.5 Å². The van der Waals surface area contributed by atoms with Crippen LogP contribution < -0.4 is 0 Å². The van der Waals surface area contributed by atoms with E-state index in [1.54, 1.807) is 0 Å². The minimum atomic E-state index is -4.95. The van der Waals surface area contributed by atoms with Crippen LogP contribution >= 0.6 is 15.6 Å². The summed E-state index contributed by atoms with van der Waals surface area (Å²) in [5.41, 5.74) is 0. The molecule has 87 heavy (non-hydrogen) atoms. The number of phosphoric ester groups is 2. The number of hydrogen-bond acceptors (Lipinski definition) is 15. The molecule has 0 saturated carbocycles. The predicted molar refractivity (Wildman–Crippen MR) is 349 cm³/mol. The third kappa shape index (κ3) is 62.6. The first-order chi connectivity index (χ1) is 42.0. The number of esters is 4. The van der Waals surface area contributed by atoms with Gasteiger partial charge >= 0.3 is 39.5 Å². The van der Waals surface area contributed by atoms with E-state index in [1.807, 2.05) is 0 Å². The van der Waals surface area contributed by atoms with Crippen molar-refractivity contribution in [3.05, 3.63) is 0 Å². The van der Waals surface area contributed by atoms with Gasteiger partial charge in [-0.05, 0) is 31.6 Å². The van der Waals surface area contributed by atoms with Gasteiger partial charge in [0.15, 0.2) is 12.2 Å². The van der Waals surface area contributed by atoms with Gasteiger partial charge in [-0.25, -0.2) is 9.13 Å². The molecule has 0 amide bonds. The van der Waals surface area contributed by atoms with Gasteiger partial charge in [-0.1, -0.05) is 298 Å². The summed E-state index contributed by atoms with van der Waals surface area (Å²) in [5, 5.41) is 10.5. The number of carbonyl (C=O) groups is 4. The Labute approximate surface area is 530 Å². The number of phosphoric acid groups is 2. The Bertz CT molecular complexity index is 1690. The second-order valence-electron chi connectivity index (χ2n) is 25.0. The van der Waals surface area contributed by atoms with Crippen LogP contribution in [0.5, 0.6) is 0 Å². The van der Waals surface area contributed by atoms with Crippen LogP contribution in [0.4, 0.5) is 0 Å². The van der Waals surface area contributed by atoms with E-state index in [2.05, 4.69) is 34.6 Å². The Morgan fingerprint density at radius 3 is 0.782 bits per heavy atom. The van der Waals surface area contributed by atoms with E-state index in [-0.39, 0.29) is 25.7 Å². The van der Waals surface area contributed by atoms with Gasteiger partial charge in [0.2, 0.25) is 0 Å². The molecule has 19 heteroatoms. The predicted octanol–water partition coefficient (Wildman–Crippen LogP) is 19.4. The van der Waals surface area contributed by atoms with Crippen molar-refractivity contribution in [2.24, 2.45) is 5.92 Å². The van der Waals surface area contributed by atoms with Gasteiger partial charge in [0, 0.05) is 25.7 Å². The average Bonchev–Trinajstić information content (AvgIpc) is 3.61. The van der Waals surface area contributed by atoms with Gasteiger partial charge in [-0.3, -0.25) is 37.3 Å². The normalized spacial score (nSPS) is 14.1. The van der Waals surface area contributed by atoms with Crippen LogP contribution in [0.1, 0.15) is 349 Å². The molecule has 0 aliphatic heterocycles. The highest BCUT2D eigenvalue weighted by atomic mass is 31.2. The maximum atomic E-state index is 13.0.